The Morgan fingerprint density at radius 1 is 1.35 bits per heavy atom. The van der Waals surface area contributed by atoms with Crippen molar-refractivity contribution >= 4 is 11.9 Å². The molecule has 2 fully saturated rings. The molecular formula is C16H23N3O4. The Morgan fingerprint density at radius 2 is 2.04 bits per heavy atom. The van der Waals surface area contributed by atoms with Crippen molar-refractivity contribution in [3.63, 3.8) is 0 Å². The summed E-state index contributed by atoms with van der Waals surface area (Å²) in [5, 5.41) is 16.5. The van der Waals surface area contributed by atoms with Crippen LogP contribution < -0.4 is 5.32 Å². The lowest BCUT2D eigenvalue weighted by molar-refractivity contribution is -0.139. The first-order valence-electron chi connectivity index (χ1n) is 8.25. The zero-order valence-corrected chi connectivity index (χ0v) is 13.2. The summed E-state index contributed by atoms with van der Waals surface area (Å²) >= 11 is 0. The SMILES string of the molecule is O=C(O)CC1(NC(=O)c2ccn(C3CCCC3)n2)CCOCC1. The van der Waals surface area contributed by atoms with Crippen molar-refractivity contribution in [2.45, 2.75) is 56.5 Å². The molecule has 1 aromatic heterocycles. The monoisotopic (exact) mass is 321 g/mol. The van der Waals surface area contributed by atoms with Gasteiger partial charge in [0.05, 0.1) is 18.0 Å². The van der Waals surface area contributed by atoms with E-state index in [2.05, 4.69) is 10.4 Å². The molecule has 126 valence electrons. The van der Waals surface area contributed by atoms with Gasteiger partial charge < -0.3 is 15.2 Å². The number of carbonyl (C=O) groups excluding carboxylic acids is 1. The standard InChI is InChI=1S/C16H23N3O4/c20-14(21)11-16(6-9-23-10-7-16)17-15(22)13-5-8-19(18-13)12-3-1-2-4-12/h5,8,12H,1-4,6-7,9-11H2,(H,17,22)(H,20,21). The maximum Gasteiger partial charge on any atom is 0.305 e. The first kappa shape index (κ1) is 16.0. The molecule has 1 amide bonds. The van der Waals surface area contributed by atoms with E-state index in [-0.39, 0.29) is 12.3 Å². The second-order valence-electron chi connectivity index (χ2n) is 6.54. The molecule has 2 N–H and O–H groups in total. The molecule has 1 saturated heterocycles. The van der Waals surface area contributed by atoms with E-state index in [0.717, 1.165) is 12.8 Å². The van der Waals surface area contributed by atoms with Crippen LogP contribution in [-0.2, 0) is 9.53 Å². The predicted molar refractivity (Wildman–Crippen MR) is 82.2 cm³/mol. The maximum atomic E-state index is 12.5. The molecular weight excluding hydrogens is 298 g/mol. The largest absolute Gasteiger partial charge is 0.481 e. The number of aromatic nitrogens is 2. The summed E-state index contributed by atoms with van der Waals surface area (Å²) in [6.45, 7) is 0.925. The van der Waals surface area contributed by atoms with Gasteiger partial charge in [-0.15, -0.1) is 0 Å². The van der Waals surface area contributed by atoms with Crippen molar-refractivity contribution in [1.82, 2.24) is 15.1 Å². The average Bonchev–Trinajstić information content (AvgIpc) is 3.18. The van der Waals surface area contributed by atoms with Crippen LogP contribution in [0.5, 0.6) is 0 Å². The molecule has 1 saturated carbocycles. The smallest absolute Gasteiger partial charge is 0.305 e. The Kier molecular flexibility index (Phi) is 4.66. The third-order valence-corrected chi connectivity index (χ3v) is 4.86. The van der Waals surface area contributed by atoms with Gasteiger partial charge in [0.25, 0.3) is 5.91 Å². The minimum absolute atomic E-state index is 0.0918. The molecule has 7 heteroatoms. The predicted octanol–water partition coefficient (Wildman–Crippen LogP) is 1.75. The van der Waals surface area contributed by atoms with Crippen LogP contribution >= 0.6 is 0 Å². The second-order valence-corrected chi connectivity index (χ2v) is 6.54. The van der Waals surface area contributed by atoms with E-state index in [4.69, 9.17) is 9.84 Å². The molecule has 0 bridgehead atoms. The first-order valence-corrected chi connectivity index (χ1v) is 8.25. The summed E-state index contributed by atoms with van der Waals surface area (Å²) in [4.78, 5) is 23.7. The van der Waals surface area contributed by atoms with Crippen molar-refractivity contribution in [2.75, 3.05) is 13.2 Å². The van der Waals surface area contributed by atoms with Gasteiger partial charge in [0.2, 0.25) is 0 Å². The van der Waals surface area contributed by atoms with Crippen LogP contribution in [0, 0.1) is 0 Å². The summed E-state index contributed by atoms with van der Waals surface area (Å²) in [6, 6.07) is 2.09. The van der Waals surface area contributed by atoms with Gasteiger partial charge >= 0.3 is 5.97 Å². The van der Waals surface area contributed by atoms with E-state index >= 15 is 0 Å². The molecule has 0 spiro atoms. The maximum absolute atomic E-state index is 12.5. The number of amides is 1. The Labute approximate surface area is 135 Å². The molecule has 0 radical (unpaired) electrons. The zero-order chi connectivity index (χ0) is 16.3. The van der Waals surface area contributed by atoms with Gasteiger partial charge in [-0.1, -0.05) is 12.8 Å². The Bertz CT molecular complexity index is 572. The van der Waals surface area contributed by atoms with Crippen LogP contribution in [0.1, 0.15) is 61.5 Å². The van der Waals surface area contributed by atoms with Gasteiger partial charge in [-0.3, -0.25) is 14.3 Å². The number of rotatable bonds is 5. The fourth-order valence-corrected chi connectivity index (χ4v) is 3.53. The van der Waals surface area contributed by atoms with Gasteiger partial charge in [-0.2, -0.15) is 5.10 Å². The number of nitrogens with zero attached hydrogens (tertiary/aromatic N) is 2. The first-order chi connectivity index (χ1) is 11.1. The van der Waals surface area contributed by atoms with Gasteiger partial charge in [0.15, 0.2) is 0 Å². The quantitative estimate of drug-likeness (QED) is 0.862. The normalized spacial score (nSPS) is 21.2. The lowest BCUT2D eigenvalue weighted by Crippen LogP contribution is -2.53. The summed E-state index contributed by atoms with van der Waals surface area (Å²) in [5.74, 6) is -1.21. The van der Waals surface area contributed by atoms with Crippen LogP contribution in [0.3, 0.4) is 0 Å². The van der Waals surface area contributed by atoms with E-state index in [1.807, 2.05) is 10.9 Å². The zero-order valence-electron chi connectivity index (χ0n) is 13.2. The Morgan fingerprint density at radius 3 is 2.70 bits per heavy atom. The van der Waals surface area contributed by atoms with Crippen molar-refractivity contribution in [1.29, 1.82) is 0 Å². The molecule has 0 aromatic carbocycles. The number of aliphatic carboxylic acids is 1. The van der Waals surface area contributed by atoms with Crippen LogP contribution in [0.4, 0.5) is 0 Å². The third kappa shape index (κ3) is 3.72. The Balaban J connectivity index is 1.70. The fourth-order valence-electron chi connectivity index (χ4n) is 3.53. The highest BCUT2D eigenvalue weighted by Crippen LogP contribution is 2.29. The van der Waals surface area contributed by atoms with Crippen molar-refractivity contribution < 1.29 is 19.4 Å². The van der Waals surface area contributed by atoms with Crippen LogP contribution in [-0.4, -0.2) is 45.5 Å². The molecule has 3 rings (SSSR count). The summed E-state index contributed by atoms with van der Waals surface area (Å²) in [7, 11) is 0. The second kappa shape index (κ2) is 6.70. The van der Waals surface area contributed by atoms with Gasteiger partial charge in [-0.25, -0.2) is 0 Å². The lowest BCUT2D eigenvalue weighted by atomic mass is 9.86. The number of hydrogen-bond acceptors (Lipinski definition) is 4. The Hall–Kier alpha value is -1.89. The molecule has 0 atom stereocenters. The highest BCUT2D eigenvalue weighted by atomic mass is 16.5. The van der Waals surface area contributed by atoms with E-state index in [0.29, 0.717) is 37.8 Å². The van der Waals surface area contributed by atoms with Crippen molar-refractivity contribution in [2.24, 2.45) is 0 Å². The summed E-state index contributed by atoms with van der Waals surface area (Å²) in [5.41, 5.74) is -0.383. The molecule has 1 aromatic rings. The lowest BCUT2D eigenvalue weighted by Gasteiger charge is -2.36. The number of nitrogens with one attached hydrogen (secondary N) is 1. The van der Waals surface area contributed by atoms with E-state index in [1.165, 1.54) is 12.8 Å². The van der Waals surface area contributed by atoms with Gasteiger partial charge in [0, 0.05) is 19.4 Å². The van der Waals surface area contributed by atoms with Crippen molar-refractivity contribution in [3.05, 3.63) is 18.0 Å². The summed E-state index contributed by atoms with van der Waals surface area (Å²) < 4.78 is 7.17. The minimum atomic E-state index is -0.913. The molecule has 1 aliphatic heterocycles. The van der Waals surface area contributed by atoms with Crippen LogP contribution in [0.25, 0.3) is 0 Å². The highest BCUT2D eigenvalue weighted by Gasteiger charge is 2.37. The number of carboxylic acids is 1. The average molecular weight is 321 g/mol. The topological polar surface area (TPSA) is 93.5 Å². The molecule has 7 nitrogen and oxygen atoms in total. The minimum Gasteiger partial charge on any atom is -0.481 e. The van der Waals surface area contributed by atoms with E-state index < -0.39 is 11.5 Å². The number of ether oxygens (including phenoxy) is 1. The van der Waals surface area contributed by atoms with E-state index in [9.17, 15) is 9.59 Å². The molecule has 1 aliphatic carbocycles. The van der Waals surface area contributed by atoms with Gasteiger partial charge in [0.1, 0.15) is 5.69 Å². The molecule has 23 heavy (non-hydrogen) atoms. The molecule has 2 heterocycles. The fraction of sp³-hybridized carbons (Fsp3) is 0.688. The highest BCUT2D eigenvalue weighted by molar-refractivity contribution is 5.93. The van der Waals surface area contributed by atoms with Gasteiger partial charge in [-0.05, 0) is 31.7 Å². The van der Waals surface area contributed by atoms with Crippen LogP contribution in [0.15, 0.2) is 12.3 Å². The molecule has 2 aliphatic rings. The summed E-state index contributed by atoms with van der Waals surface area (Å²) in [6.07, 6.45) is 7.38. The number of carbonyl (C=O) groups is 2. The number of carboxylic acid groups (broad SMARTS) is 1. The molecule has 0 unspecified atom stereocenters. The van der Waals surface area contributed by atoms with Crippen LogP contribution in [0.2, 0.25) is 0 Å². The number of hydrogen-bond donors (Lipinski definition) is 2. The van der Waals surface area contributed by atoms with E-state index in [1.54, 1.807) is 6.07 Å². The third-order valence-electron chi connectivity index (χ3n) is 4.86. The van der Waals surface area contributed by atoms with Crippen molar-refractivity contribution in [3.8, 4) is 0 Å².